The molecule has 1 N–H and O–H groups in total. The van der Waals surface area contributed by atoms with Crippen LogP contribution in [0.3, 0.4) is 0 Å². The van der Waals surface area contributed by atoms with Crippen LogP contribution in [0, 0.1) is 0 Å². The highest BCUT2D eigenvalue weighted by Crippen LogP contribution is 2.29. The van der Waals surface area contributed by atoms with Crippen molar-refractivity contribution in [2.24, 2.45) is 0 Å². The number of ether oxygens (including phenoxy) is 3. The summed E-state index contributed by atoms with van der Waals surface area (Å²) in [6, 6.07) is 13.2. The number of nitrogens with zero attached hydrogens (tertiary/aromatic N) is 2. The molecule has 3 rings (SSSR count). The molecule has 7 heteroatoms. The Morgan fingerprint density at radius 1 is 0.852 bits per heavy atom. The van der Waals surface area contributed by atoms with Gasteiger partial charge < -0.3 is 29.3 Å². The predicted octanol–water partition coefficient (Wildman–Crippen LogP) is 3.07. The second-order valence-electron chi connectivity index (χ2n) is 6.17. The SMILES string of the molecule is COc1ccc(N2CCN(C(=O)Nc3ccc(OC)cc3OC)CC2)cc1. The van der Waals surface area contributed by atoms with Gasteiger partial charge in [-0.3, -0.25) is 0 Å². The molecule has 0 spiro atoms. The minimum atomic E-state index is -0.132. The monoisotopic (exact) mass is 371 g/mol. The Kier molecular flexibility index (Phi) is 5.90. The van der Waals surface area contributed by atoms with Gasteiger partial charge in [0.2, 0.25) is 0 Å². The minimum Gasteiger partial charge on any atom is -0.497 e. The van der Waals surface area contributed by atoms with Crippen molar-refractivity contribution in [1.82, 2.24) is 4.90 Å². The molecule has 0 bridgehead atoms. The number of nitrogens with one attached hydrogen (secondary N) is 1. The van der Waals surface area contributed by atoms with E-state index >= 15 is 0 Å². The van der Waals surface area contributed by atoms with E-state index < -0.39 is 0 Å². The van der Waals surface area contributed by atoms with Crippen molar-refractivity contribution in [2.45, 2.75) is 0 Å². The molecule has 0 radical (unpaired) electrons. The molecule has 27 heavy (non-hydrogen) atoms. The Morgan fingerprint density at radius 2 is 1.48 bits per heavy atom. The van der Waals surface area contributed by atoms with Crippen LogP contribution in [0.1, 0.15) is 0 Å². The molecule has 1 aliphatic heterocycles. The quantitative estimate of drug-likeness (QED) is 0.875. The Bertz CT molecular complexity index is 771. The highest BCUT2D eigenvalue weighted by Gasteiger charge is 2.22. The summed E-state index contributed by atoms with van der Waals surface area (Å²) in [6.45, 7) is 2.85. The van der Waals surface area contributed by atoms with E-state index in [-0.39, 0.29) is 6.03 Å². The lowest BCUT2D eigenvalue weighted by Gasteiger charge is -2.36. The van der Waals surface area contributed by atoms with Crippen molar-refractivity contribution in [3.05, 3.63) is 42.5 Å². The van der Waals surface area contributed by atoms with Gasteiger partial charge in [0.1, 0.15) is 17.2 Å². The van der Waals surface area contributed by atoms with Gasteiger partial charge >= 0.3 is 6.03 Å². The summed E-state index contributed by atoms with van der Waals surface area (Å²) in [7, 11) is 4.82. The summed E-state index contributed by atoms with van der Waals surface area (Å²) in [6.07, 6.45) is 0. The standard InChI is InChI=1S/C20H25N3O4/c1-25-16-6-4-15(5-7-16)22-10-12-23(13-11-22)20(24)21-18-9-8-17(26-2)14-19(18)27-3/h4-9,14H,10-13H2,1-3H3,(H,21,24). The van der Waals surface area contributed by atoms with E-state index in [1.54, 1.807) is 39.5 Å². The van der Waals surface area contributed by atoms with E-state index in [2.05, 4.69) is 10.2 Å². The van der Waals surface area contributed by atoms with Gasteiger partial charge in [-0.05, 0) is 36.4 Å². The van der Waals surface area contributed by atoms with E-state index in [0.717, 1.165) is 24.5 Å². The van der Waals surface area contributed by atoms with E-state index in [9.17, 15) is 4.79 Å². The largest absolute Gasteiger partial charge is 0.497 e. The first-order chi connectivity index (χ1) is 13.1. The summed E-state index contributed by atoms with van der Waals surface area (Å²) < 4.78 is 15.7. The van der Waals surface area contributed by atoms with Crippen LogP contribution in [-0.4, -0.2) is 58.4 Å². The molecular weight excluding hydrogens is 346 g/mol. The number of piperazine rings is 1. The molecule has 0 aliphatic carbocycles. The third-order valence-electron chi connectivity index (χ3n) is 4.65. The van der Waals surface area contributed by atoms with Gasteiger partial charge in [-0.1, -0.05) is 0 Å². The van der Waals surface area contributed by atoms with Crippen LogP contribution >= 0.6 is 0 Å². The first kappa shape index (κ1) is 18.7. The lowest BCUT2D eigenvalue weighted by molar-refractivity contribution is 0.208. The van der Waals surface area contributed by atoms with Crippen molar-refractivity contribution < 1.29 is 19.0 Å². The lowest BCUT2D eigenvalue weighted by atomic mass is 10.2. The van der Waals surface area contributed by atoms with Crippen LogP contribution in [0.25, 0.3) is 0 Å². The molecule has 144 valence electrons. The van der Waals surface area contributed by atoms with Crippen molar-refractivity contribution in [3.63, 3.8) is 0 Å². The second kappa shape index (κ2) is 8.53. The highest BCUT2D eigenvalue weighted by molar-refractivity contribution is 5.91. The van der Waals surface area contributed by atoms with Crippen LogP contribution in [0.5, 0.6) is 17.2 Å². The molecule has 0 saturated carbocycles. The van der Waals surface area contributed by atoms with Crippen molar-refractivity contribution in [1.29, 1.82) is 0 Å². The Morgan fingerprint density at radius 3 is 2.07 bits per heavy atom. The summed E-state index contributed by atoms with van der Waals surface area (Å²) in [4.78, 5) is 16.7. The lowest BCUT2D eigenvalue weighted by Crippen LogP contribution is -2.50. The number of amides is 2. The smallest absolute Gasteiger partial charge is 0.322 e. The molecule has 2 aromatic carbocycles. The third-order valence-corrected chi connectivity index (χ3v) is 4.65. The van der Waals surface area contributed by atoms with Crippen LogP contribution in [0.2, 0.25) is 0 Å². The summed E-state index contributed by atoms with van der Waals surface area (Å²) in [5, 5.41) is 2.92. The number of methoxy groups -OCH3 is 3. The molecule has 2 aromatic rings. The van der Waals surface area contributed by atoms with Crippen LogP contribution < -0.4 is 24.4 Å². The van der Waals surface area contributed by atoms with E-state index in [4.69, 9.17) is 14.2 Å². The topological polar surface area (TPSA) is 63.3 Å². The summed E-state index contributed by atoms with van der Waals surface area (Å²) >= 11 is 0. The molecule has 2 amide bonds. The van der Waals surface area contributed by atoms with Crippen LogP contribution in [0.4, 0.5) is 16.2 Å². The van der Waals surface area contributed by atoms with E-state index in [1.807, 2.05) is 29.2 Å². The molecule has 0 unspecified atom stereocenters. The van der Waals surface area contributed by atoms with Gasteiger partial charge in [0.25, 0.3) is 0 Å². The zero-order valence-corrected chi connectivity index (χ0v) is 15.9. The van der Waals surface area contributed by atoms with Gasteiger partial charge in [-0.25, -0.2) is 4.79 Å². The maximum Gasteiger partial charge on any atom is 0.322 e. The van der Waals surface area contributed by atoms with Crippen LogP contribution in [0.15, 0.2) is 42.5 Å². The number of anilines is 2. The first-order valence-corrected chi connectivity index (χ1v) is 8.81. The summed E-state index contributed by atoms with van der Waals surface area (Å²) in [5.74, 6) is 2.09. The zero-order valence-electron chi connectivity index (χ0n) is 15.9. The summed E-state index contributed by atoms with van der Waals surface area (Å²) in [5.41, 5.74) is 1.76. The van der Waals surface area contributed by atoms with Crippen molar-refractivity contribution >= 4 is 17.4 Å². The minimum absolute atomic E-state index is 0.132. The van der Waals surface area contributed by atoms with Gasteiger partial charge in [-0.2, -0.15) is 0 Å². The molecule has 0 atom stereocenters. The van der Waals surface area contributed by atoms with Crippen molar-refractivity contribution in [2.75, 3.05) is 57.7 Å². The molecular formula is C20H25N3O4. The number of carbonyl (C=O) groups is 1. The molecule has 1 aliphatic rings. The Labute approximate surface area is 159 Å². The fraction of sp³-hybridized carbons (Fsp3) is 0.350. The number of rotatable bonds is 5. The molecule has 7 nitrogen and oxygen atoms in total. The van der Waals surface area contributed by atoms with Gasteiger partial charge in [0.15, 0.2) is 0 Å². The highest BCUT2D eigenvalue weighted by atomic mass is 16.5. The molecule has 1 fully saturated rings. The number of hydrogen-bond donors (Lipinski definition) is 1. The van der Waals surface area contributed by atoms with Gasteiger partial charge in [-0.15, -0.1) is 0 Å². The Balaban J connectivity index is 1.58. The zero-order chi connectivity index (χ0) is 19.2. The number of hydrogen-bond acceptors (Lipinski definition) is 5. The van der Waals surface area contributed by atoms with Crippen molar-refractivity contribution in [3.8, 4) is 17.2 Å². The second-order valence-corrected chi connectivity index (χ2v) is 6.17. The Hall–Kier alpha value is -3.09. The first-order valence-electron chi connectivity index (χ1n) is 8.81. The maximum absolute atomic E-state index is 12.6. The molecule has 0 aromatic heterocycles. The average Bonchev–Trinajstić information content (AvgIpc) is 2.74. The average molecular weight is 371 g/mol. The fourth-order valence-corrected chi connectivity index (χ4v) is 3.06. The maximum atomic E-state index is 12.6. The number of urea groups is 1. The fourth-order valence-electron chi connectivity index (χ4n) is 3.06. The van der Waals surface area contributed by atoms with Gasteiger partial charge in [0, 0.05) is 37.9 Å². The third kappa shape index (κ3) is 4.36. The van der Waals surface area contributed by atoms with Crippen LogP contribution in [-0.2, 0) is 0 Å². The van der Waals surface area contributed by atoms with E-state index in [0.29, 0.717) is 30.3 Å². The van der Waals surface area contributed by atoms with Gasteiger partial charge in [0.05, 0.1) is 27.0 Å². The number of carbonyl (C=O) groups excluding carboxylic acids is 1. The molecule has 1 saturated heterocycles. The van der Waals surface area contributed by atoms with E-state index in [1.165, 1.54) is 0 Å². The molecule has 1 heterocycles. The predicted molar refractivity (Wildman–Crippen MR) is 105 cm³/mol. The normalized spacial score (nSPS) is 13.9. The number of benzene rings is 2.